The van der Waals surface area contributed by atoms with Crippen molar-refractivity contribution in [1.82, 2.24) is 4.72 Å². The lowest BCUT2D eigenvalue weighted by molar-refractivity contribution is 0.102. The highest BCUT2D eigenvalue weighted by Gasteiger charge is 2.15. The van der Waals surface area contributed by atoms with E-state index < -0.39 is 15.9 Å². The monoisotopic (exact) mass is 338 g/mol. The van der Waals surface area contributed by atoms with Gasteiger partial charge in [-0.3, -0.25) is 4.79 Å². The van der Waals surface area contributed by atoms with Gasteiger partial charge >= 0.3 is 0 Å². The molecule has 2 rings (SSSR count). The molecule has 0 spiro atoms. The molecule has 0 radical (unpaired) electrons. The number of halogens is 1. The summed E-state index contributed by atoms with van der Waals surface area (Å²) in [6.45, 7) is 1.97. The molecule has 0 aliphatic heterocycles. The van der Waals surface area contributed by atoms with E-state index in [0.717, 1.165) is 0 Å². The number of amides is 1. The lowest BCUT2D eigenvalue weighted by Crippen LogP contribution is -2.23. The third-order valence-electron chi connectivity index (χ3n) is 2.82. The third-order valence-corrected chi connectivity index (χ3v) is 4.60. The average Bonchev–Trinajstić information content (AvgIpc) is 2.47. The zero-order chi connectivity index (χ0) is 16.2. The van der Waals surface area contributed by atoms with Crippen molar-refractivity contribution in [2.24, 2.45) is 0 Å². The number of hydrogen-bond acceptors (Lipinski definition) is 3. The first-order valence-electron chi connectivity index (χ1n) is 6.59. The van der Waals surface area contributed by atoms with Gasteiger partial charge in [-0.2, -0.15) is 0 Å². The molecule has 7 heteroatoms. The van der Waals surface area contributed by atoms with Crippen molar-refractivity contribution in [3.05, 3.63) is 59.1 Å². The normalized spacial score (nSPS) is 11.2. The standard InChI is InChI=1S/C15H15ClN2O3S/c1-2-17-22(20,21)14-8-3-5-11(9-14)15(19)18-13-7-4-6-12(16)10-13/h3-10,17H,2H2,1H3,(H,18,19). The number of sulfonamides is 1. The summed E-state index contributed by atoms with van der Waals surface area (Å²) in [5.41, 5.74) is 0.788. The molecule has 22 heavy (non-hydrogen) atoms. The van der Waals surface area contributed by atoms with E-state index in [1.807, 2.05) is 0 Å². The maximum atomic E-state index is 12.2. The van der Waals surface area contributed by atoms with Crippen molar-refractivity contribution >= 4 is 33.2 Å². The van der Waals surface area contributed by atoms with Gasteiger partial charge in [0.1, 0.15) is 0 Å². The SMILES string of the molecule is CCNS(=O)(=O)c1cccc(C(=O)Nc2cccc(Cl)c2)c1. The van der Waals surface area contributed by atoms with Crippen LogP contribution in [-0.4, -0.2) is 20.9 Å². The van der Waals surface area contributed by atoms with Crippen molar-refractivity contribution in [2.45, 2.75) is 11.8 Å². The van der Waals surface area contributed by atoms with Crippen LogP contribution in [0.4, 0.5) is 5.69 Å². The number of carbonyl (C=O) groups is 1. The molecular weight excluding hydrogens is 324 g/mol. The maximum absolute atomic E-state index is 12.2. The summed E-state index contributed by atoms with van der Waals surface area (Å²) < 4.78 is 26.3. The Kier molecular flexibility index (Phi) is 5.18. The molecule has 5 nitrogen and oxygen atoms in total. The summed E-state index contributed by atoms with van der Waals surface area (Å²) in [7, 11) is -3.60. The van der Waals surface area contributed by atoms with Crippen LogP contribution in [0.2, 0.25) is 5.02 Å². The second-order valence-corrected chi connectivity index (χ2v) is 6.70. The Labute approximate surface area is 134 Å². The van der Waals surface area contributed by atoms with Crippen LogP contribution < -0.4 is 10.0 Å². The van der Waals surface area contributed by atoms with E-state index in [4.69, 9.17) is 11.6 Å². The molecule has 0 aliphatic rings. The highest BCUT2D eigenvalue weighted by Crippen LogP contribution is 2.17. The van der Waals surface area contributed by atoms with Crippen LogP contribution in [0.1, 0.15) is 17.3 Å². The predicted octanol–water partition coefficient (Wildman–Crippen LogP) is 2.89. The first kappa shape index (κ1) is 16.5. The maximum Gasteiger partial charge on any atom is 0.255 e. The Morgan fingerprint density at radius 1 is 1.14 bits per heavy atom. The Hall–Kier alpha value is -1.89. The molecule has 0 atom stereocenters. The van der Waals surface area contributed by atoms with Crippen LogP contribution in [0, 0.1) is 0 Å². The molecule has 0 aromatic heterocycles. The molecule has 0 saturated heterocycles. The molecule has 0 saturated carbocycles. The number of benzene rings is 2. The van der Waals surface area contributed by atoms with E-state index in [2.05, 4.69) is 10.0 Å². The lowest BCUT2D eigenvalue weighted by atomic mass is 10.2. The topological polar surface area (TPSA) is 75.3 Å². The highest BCUT2D eigenvalue weighted by atomic mass is 35.5. The van der Waals surface area contributed by atoms with E-state index in [0.29, 0.717) is 10.7 Å². The minimum absolute atomic E-state index is 0.0492. The molecule has 0 heterocycles. The molecule has 0 unspecified atom stereocenters. The molecule has 0 aliphatic carbocycles. The van der Waals surface area contributed by atoms with Crippen LogP contribution in [0.25, 0.3) is 0 Å². The van der Waals surface area contributed by atoms with Crippen molar-refractivity contribution in [1.29, 1.82) is 0 Å². The highest BCUT2D eigenvalue weighted by molar-refractivity contribution is 7.89. The van der Waals surface area contributed by atoms with Crippen LogP contribution in [0.3, 0.4) is 0 Å². The Balaban J connectivity index is 2.24. The van der Waals surface area contributed by atoms with E-state index in [9.17, 15) is 13.2 Å². The van der Waals surface area contributed by atoms with Gasteiger partial charge in [-0.15, -0.1) is 0 Å². The molecule has 116 valence electrons. The summed E-state index contributed by atoms with van der Waals surface area (Å²) in [4.78, 5) is 12.2. The molecular formula is C15H15ClN2O3S. The Morgan fingerprint density at radius 3 is 2.55 bits per heavy atom. The van der Waals surface area contributed by atoms with Gasteiger partial charge in [0.2, 0.25) is 10.0 Å². The van der Waals surface area contributed by atoms with Crippen molar-refractivity contribution in [3.8, 4) is 0 Å². The van der Waals surface area contributed by atoms with Crippen LogP contribution in [0.15, 0.2) is 53.4 Å². The van der Waals surface area contributed by atoms with Crippen molar-refractivity contribution < 1.29 is 13.2 Å². The zero-order valence-electron chi connectivity index (χ0n) is 11.8. The van der Waals surface area contributed by atoms with Gasteiger partial charge in [-0.1, -0.05) is 30.7 Å². The van der Waals surface area contributed by atoms with Crippen LogP contribution in [0.5, 0.6) is 0 Å². The fourth-order valence-electron chi connectivity index (χ4n) is 1.85. The predicted molar refractivity (Wildman–Crippen MR) is 86.7 cm³/mol. The number of carbonyl (C=O) groups excluding carboxylic acids is 1. The number of rotatable bonds is 5. The lowest BCUT2D eigenvalue weighted by Gasteiger charge is -2.08. The average molecular weight is 339 g/mol. The summed E-state index contributed by atoms with van der Waals surface area (Å²) in [6.07, 6.45) is 0. The van der Waals surface area contributed by atoms with E-state index in [1.165, 1.54) is 18.2 Å². The fraction of sp³-hybridized carbons (Fsp3) is 0.133. The van der Waals surface area contributed by atoms with Gasteiger partial charge in [-0.05, 0) is 36.4 Å². The van der Waals surface area contributed by atoms with Crippen LogP contribution >= 0.6 is 11.6 Å². The smallest absolute Gasteiger partial charge is 0.255 e. The van der Waals surface area contributed by atoms with Gasteiger partial charge in [0, 0.05) is 22.8 Å². The molecule has 0 bridgehead atoms. The second-order valence-electron chi connectivity index (χ2n) is 4.49. The van der Waals surface area contributed by atoms with Gasteiger partial charge < -0.3 is 5.32 Å². The molecule has 2 N–H and O–H groups in total. The summed E-state index contributed by atoms with van der Waals surface area (Å²) >= 11 is 5.86. The minimum atomic E-state index is -3.60. The summed E-state index contributed by atoms with van der Waals surface area (Å²) in [5.74, 6) is -0.407. The second kappa shape index (κ2) is 6.91. The minimum Gasteiger partial charge on any atom is -0.322 e. The molecule has 1 amide bonds. The van der Waals surface area contributed by atoms with Crippen molar-refractivity contribution in [3.63, 3.8) is 0 Å². The van der Waals surface area contributed by atoms with E-state index in [-0.39, 0.29) is 17.0 Å². The van der Waals surface area contributed by atoms with Crippen LogP contribution in [-0.2, 0) is 10.0 Å². The largest absolute Gasteiger partial charge is 0.322 e. The number of anilines is 1. The fourth-order valence-corrected chi connectivity index (χ4v) is 3.12. The van der Waals surface area contributed by atoms with E-state index >= 15 is 0 Å². The van der Waals surface area contributed by atoms with E-state index in [1.54, 1.807) is 37.3 Å². The van der Waals surface area contributed by atoms with Gasteiger partial charge in [-0.25, -0.2) is 13.1 Å². The number of nitrogens with one attached hydrogen (secondary N) is 2. The Morgan fingerprint density at radius 2 is 1.86 bits per heavy atom. The quantitative estimate of drug-likeness (QED) is 0.880. The number of hydrogen-bond donors (Lipinski definition) is 2. The molecule has 2 aromatic carbocycles. The van der Waals surface area contributed by atoms with Gasteiger partial charge in [0.05, 0.1) is 4.90 Å². The Bertz CT molecular complexity index is 791. The van der Waals surface area contributed by atoms with Gasteiger partial charge in [0.15, 0.2) is 0 Å². The molecule has 0 fully saturated rings. The third kappa shape index (κ3) is 4.07. The first-order chi connectivity index (χ1) is 10.4. The summed E-state index contributed by atoms with van der Waals surface area (Å²) in [5, 5.41) is 3.17. The van der Waals surface area contributed by atoms with Crippen molar-refractivity contribution in [2.75, 3.05) is 11.9 Å². The van der Waals surface area contributed by atoms with Gasteiger partial charge in [0.25, 0.3) is 5.91 Å². The summed E-state index contributed by atoms with van der Waals surface area (Å²) in [6, 6.07) is 12.6. The zero-order valence-corrected chi connectivity index (χ0v) is 13.4. The molecule has 2 aromatic rings. The first-order valence-corrected chi connectivity index (χ1v) is 8.45.